The Morgan fingerprint density at radius 3 is 2.77 bits per heavy atom. The zero-order valence-electron chi connectivity index (χ0n) is 7.24. The highest BCUT2D eigenvalue weighted by Crippen LogP contribution is 2.28. The van der Waals surface area contributed by atoms with E-state index in [1.54, 1.807) is 0 Å². The van der Waals surface area contributed by atoms with Gasteiger partial charge >= 0.3 is 0 Å². The Labute approximate surface area is 82.8 Å². The third-order valence-corrected chi connectivity index (χ3v) is 3.75. The van der Waals surface area contributed by atoms with Gasteiger partial charge in [0, 0.05) is 29.3 Å². The second kappa shape index (κ2) is 3.38. The molecule has 0 aromatic heterocycles. The second-order valence-electron chi connectivity index (χ2n) is 3.70. The topological polar surface area (TPSA) is 49.4 Å². The largest absolute Gasteiger partial charge is 0.299 e. The van der Waals surface area contributed by atoms with Crippen molar-refractivity contribution in [3.8, 4) is 0 Å². The predicted molar refractivity (Wildman–Crippen MR) is 50.9 cm³/mol. The molecule has 0 amide bonds. The van der Waals surface area contributed by atoms with Crippen LogP contribution in [0.2, 0.25) is 0 Å². The summed E-state index contributed by atoms with van der Waals surface area (Å²) in [4.78, 5) is 2.33. The van der Waals surface area contributed by atoms with Crippen LogP contribution in [0.5, 0.6) is 0 Å². The van der Waals surface area contributed by atoms with Crippen LogP contribution in [-0.4, -0.2) is 38.5 Å². The van der Waals surface area contributed by atoms with E-state index in [4.69, 9.17) is 10.7 Å². The molecule has 0 bridgehead atoms. The minimum atomic E-state index is -3.55. The summed E-state index contributed by atoms with van der Waals surface area (Å²) in [6, 6.07) is 0.415. The van der Waals surface area contributed by atoms with Crippen LogP contribution in [-0.2, 0) is 9.24 Å². The molecule has 6 heteroatoms. The van der Waals surface area contributed by atoms with Crippen molar-refractivity contribution in [2.24, 2.45) is 0 Å². The summed E-state index contributed by atoms with van der Waals surface area (Å²) in [7, 11) is 1.60. The van der Waals surface area contributed by atoms with E-state index in [0.717, 1.165) is 25.9 Å². The molecule has 0 aromatic carbocycles. The van der Waals surface area contributed by atoms with Crippen LogP contribution in [0.25, 0.3) is 0 Å². The van der Waals surface area contributed by atoms with E-state index >= 15 is 0 Å². The highest BCUT2D eigenvalue weighted by atomic mass is 35.7. The average Bonchev–Trinajstić information content (AvgIpc) is 2.50. The lowest BCUT2D eigenvalue weighted by Gasteiger charge is -2.19. The number of nitrogens with zero attached hydrogens (tertiary/aromatic N) is 1. The third-order valence-electron chi connectivity index (χ3n) is 2.90. The van der Waals surface area contributed by atoms with Crippen molar-refractivity contribution in [2.75, 3.05) is 13.1 Å². The molecular formula is C7H13ClN2O2S. The van der Waals surface area contributed by atoms with Crippen molar-refractivity contribution in [3.63, 3.8) is 0 Å². The van der Waals surface area contributed by atoms with Gasteiger partial charge in [-0.3, -0.25) is 4.90 Å². The number of rotatable bonds is 2. The van der Waals surface area contributed by atoms with Crippen molar-refractivity contribution < 1.29 is 8.42 Å². The lowest BCUT2D eigenvalue weighted by Crippen LogP contribution is -2.40. The summed E-state index contributed by atoms with van der Waals surface area (Å²) in [5.41, 5.74) is 0. The summed E-state index contributed by atoms with van der Waals surface area (Å²) in [6.45, 7) is 2.10. The second-order valence-corrected chi connectivity index (χ2v) is 6.03. The first kappa shape index (κ1) is 9.71. The van der Waals surface area contributed by atoms with Crippen molar-refractivity contribution >= 4 is 19.9 Å². The molecule has 2 heterocycles. The Bertz CT molecular complexity index is 293. The molecule has 2 aliphatic rings. The van der Waals surface area contributed by atoms with Crippen molar-refractivity contribution in [1.29, 1.82) is 0 Å². The monoisotopic (exact) mass is 224 g/mol. The zero-order valence-corrected chi connectivity index (χ0v) is 8.81. The van der Waals surface area contributed by atoms with Gasteiger partial charge < -0.3 is 0 Å². The summed E-state index contributed by atoms with van der Waals surface area (Å²) >= 11 is 0. The van der Waals surface area contributed by atoms with E-state index in [2.05, 4.69) is 9.62 Å². The van der Waals surface area contributed by atoms with E-state index in [-0.39, 0.29) is 6.04 Å². The smallest absolute Gasteiger partial charge is 0.297 e. The molecule has 76 valence electrons. The van der Waals surface area contributed by atoms with Crippen LogP contribution >= 0.6 is 10.7 Å². The third kappa shape index (κ3) is 2.15. The van der Waals surface area contributed by atoms with Gasteiger partial charge in [0.15, 0.2) is 0 Å². The Balaban J connectivity index is 2.01. The lowest BCUT2D eigenvalue weighted by molar-refractivity contribution is 0.309. The Kier molecular flexibility index (Phi) is 2.53. The molecule has 0 spiro atoms. The maximum Gasteiger partial charge on any atom is 0.297 e. The van der Waals surface area contributed by atoms with Crippen LogP contribution in [0, 0.1) is 0 Å². The molecule has 2 rings (SSSR count). The highest BCUT2D eigenvalue weighted by molar-refractivity contribution is 8.12. The maximum atomic E-state index is 10.8. The molecule has 2 unspecified atom stereocenters. The predicted octanol–water partition coefficient (Wildman–Crippen LogP) is 0.296. The fourth-order valence-corrected chi connectivity index (χ4v) is 3.38. The highest BCUT2D eigenvalue weighted by Gasteiger charge is 2.38. The molecule has 0 saturated carbocycles. The summed E-state index contributed by atoms with van der Waals surface area (Å²) in [5.74, 6) is 0. The lowest BCUT2D eigenvalue weighted by atomic mass is 10.1. The van der Waals surface area contributed by atoms with Gasteiger partial charge in [-0.05, 0) is 25.8 Å². The van der Waals surface area contributed by atoms with Gasteiger partial charge in [-0.1, -0.05) is 0 Å². The van der Waals surface area contributed by atoms with E-state index < -0.39 is 9.24 Å². The van der Waals surface area contributed by atoms with E-state index in [1.807, 2.05) is 0 Å². The number of fused-ring (bicyclic) bond motifs is 1. The average molecular weight is 225 g/mol. The van der Waals surface area contributed by atoms with Crippen LogP contribution < -0.4 is 4.72 Å². The minimum absolute atomic E-state index is 0.0324. The van der Waals surface area contributed by atoms with Crippen LogP contribution in [0.1, 0.15) is 19.3 Å². The van der Waals surface area contributed by atoms with Gasteiger partial charge in [0.05, 0.1) is 0 Å². The van der Waals surface area contributed by atoms with E-state index in [9.17, 15) is 8.42 Å². The van der Waals surface area contributed by atoms with E-state index in [1.165, 1.54) is 6.42 Å². The Morgan fingerprint density at radius 1 is 1.31 bits per heavy atom. The fourth-order valence-electron chi connectivity index (χ4n) is 2.40. The fraction of sp³-hybridized carbons (Fsp3) is 1.00. The van der Waals surface area contributed by atoms with Gasteiger partial charge in [0.25, 0.3) is 9.24 Å². The Morgan fingerprint density at radius 2 is 2.08 bits per heavy atom. The summed E-state index contributed by atoms with van der Waals surface area (Å²) < 4.78 is 24.1. The molecule has 2 fully saturated rings. The quantitative estimate of drug-likeness (QED) is 0.687. The molecule has 2 aliphatic heterocycles. The molecule has 4 nitrogen and oxygen atoms in total. The number of hydrogen-bond donors (Lipinski definition) is 1. The van der Waals surface area contributed by atoms with Gasteiger partial charge in [-0.25, -0.2) is 0 Å². The summed E-state index contributed by atoms with van der Waals surface area (Å²) in [6.07, 6.45) is 3.14. The number of nitrogens with one attached hydrogen (secondary N) is 1. The van der Waals surface area contributed by atoms with E-state index in [0.29, 0.717) is 6.04 Å². The SMILES string of the molecule is O=S(=O)(Cl)NC1CCN2CCCC12. The number of hydrogen-bond acceptors (Lipinski definition) is 3. The minimum Gasteiger partial charge on any atom is -0.299 e. The zero-order chi connectivity index (χ0) is 9.47. The first-order chi connectivity index (χ1) is 6.06. The first-order valence-corrected chi connectivity index (χ1v) is 6.83. The molecule has 2 atom stereocenters. The first-order valence-electron chi connectivity index (χ1n) is 4.52. The number of halogens is 1. The van der Waals surface area contributed by atoms with Gasteiger partial charge in [0.1, 0.15) is 0 Å². The van der Waals surface area contributed by atoms with Crippen LogP contribution in [0.15, 0.2) is 0 Å². The van der Waals surface area contributed by atoms with Crippen molar-refractivity contribution in [3.05, 3.63) is 0 Å². The molecular weight excluding hydrogens is 212 g/mol. The van der Waals surface area contributed by atoms with Gasteiger partial charge in [-0.2, -0.15) is 13.1 Å². The summed E-state index contributed by atoms with van der Waals surface area (Å²) in [5, 5.41) is 0. The van der Waals surface area contributed by atoms with Crippen LogP contribution in [0.4, 0.5) is 0 Å². The maximum absolute atomic E-state index is 10.8. The Hall–Kier alpha value is 0.160. The molecule has 2 saturated heterocycles. The molecule has 0 aromatic rings. The van der Waals surface area contributed by atoms with Crippen LogP contribution in [0.3, 0.4) is 0 Å². The van der Waals surface area contributed by atoms with Gasteiger partial charge in [0.2, 0.25) is 0 Å². The van der Waals surface area contributed by atoms with Crippen molar-refractivity contribution in [2.45, 2.75) is 31.3 Å². The molecule has 0 radical (unpaired) electrons. The normalized spacial score (nSPS) is 35.2. The standard InChI is InChI=1S/C7H13ClN2O2S/c8-13(11,12)9-6-3-5-10-4-1-2-7(6)10/h6-7,9H,1-5H2. The van der Waals surface area contributed by atoms with Crippen molar-refractivity contribution in [1.82, 2.24) is 9.62 Å². The molecule has 13 heavy (non-hydrogen) atoms. The molecule has 1 N–H and O–H groups in total. The van der Waals surface area contributed by atoms with Gasteiger partial charge in [-0.15, -0.1) is 0 Å². The molecule has 0 aliphatic carbocycles.